The number of aromatic carboxylic acids is 1. The Morgan fingerprint density at radius 3 is 2.46 bits per heavy atom. The van der Waals surface area contributed by atoms with Gasteiger partial charge in [0.15, 0.2) is 0 Å². The molecule has 10 heteroatoms. The zero-order chi connectivity index (χ0) is 18.4. The Hall–Kier alpha value is -1.08. The van der Waals surface area contributed by atoms with E-state index in [2.05, 4.69) is 0 Å². The minimum Gasteiger partial charge on any atom is -0.545 e. The summed E-state index contributed by atoms with van der Waals surface area (Å²) >= 11 is 0. The number of carbonyl (C=O) groups excluding carboxylic acids is 1. The molecule has 0 atom stereocenters. The molecule has 0 radical (unpaired) electrons. The molecule has 0 saturated carbocycles. The van der Waals surface area contributed by atoms with Crippen molar-refractivity contribution in [3.8, 4) is 5.75 Å². The van der Waals surface area contributed by atoms with Gasteiger partial charge in [-0.25, -0.2) is 8.42 Å². The van der Waals surface area contributed by atoms with Gasteiger partial charge in [0.05, 0.1) is 24.1 Å². The van der Waals surface area contributed by atoms with Crippen LogP contribution in [-0.4, -0.2) is 74.6 Å². The largest absolute Gasteiger partial charge is 1.00 e. The molecular formula is C16H23LiN2O6S. The second kappa shape index (κ2) is 10.3. The monoisotopic (exact) mass is 378 g/mol. The van der Waals surface area contributed by atoms with Gasteiger partial charge >= 0.3 is 18.9 Å². The summed E-state index contributed by atoms with van der Waals surface area (Å²) in [5.41, 5.74) is -0.270. The molecule has 140 valence electrons. The van der Waals surface area contributed by atoms with Gasteiger partial charge in [0.1, 0.15) is 5.75 Å². The van der Waals surface area contributed by atoms with Crippen LogP contribution in [0.2, 0.25) is 0 Å². The van der Waals surface area contributed by atoms with Gasteiger partial charge in [-0.2, -0.15) is 4.31 Å². The number of ether oxygens (including phenoxy) is 1. The summed E-state index contributed by atoms with van der Waals surface area (Å²) in [6.07, 6.45) is 0.699. The zero-order valence-corrected chi connectivity index (χ0v) is 16.0. The first-order chi connectivity index (χ1) is 11.9. The molecule has 0 bridgehead atoms. The summed E-state index contributed by atoms with van der Waals surface area (Å²) in [6.45, 7) is 4.37. The first-order valence-electron chi connectivity index (χ1n) is 8.21. The zero-order valence-electron chi connectivity index (χ0n) is 15.2. The summed E-state index contributed by atoms with van der Waals surface area (Å²) in [5.74, 6) is -1.37. The number of rotatable bonds is 8. The smallest absolute Gasteiger partial charge is 0.545 e. The Balaban J connectivity index is 0.00000338. The van der Waals surface area contributed by atoms with Crippen LogP contribution in [0.5, 0.6) is 5.75 Å². The van der Waals surface area contributed by atoms with Crippen molar-refractivity contribution in [2.24, 2.45) is 0 Å². The number of aliphatic hydroxyl groups is 1. The molecule has 0 aliphatic carbocycles. The van der Waals surface area contributed by atoms with Gasteiger partial charge in [-0.1, -0.05) is 6.92 Å². The fourth-order valence-electron chi connectivity index (χ4n) is 2.65. The van der Waals surface area contributed by atoms with E-state index in [1.54, 1.807) is 0 Å². The van der Waals surface area contributed by atoms with Crippen LogP contribution in [0.4, 0.5) is 0 Å². The van der Waals surface area contributed by atoms with Gasteiger partial charge in [-0.15, -0.1) is 0 Å². The molecule has 0 unspecified atom stereocenters. The predicted molar refractivity (Wildman–Crippen MR) is 88.8 cm³/mol. The van der Waals surface area contributed by atoms with Crippen LogP contribution in [0.25, 0.3) is 0 Å². The molecule has 1 heterocycles. The van der Waals surface area contributed by atoms with Crippen LogP contribution in [0, 0.1) is 0 Å². The van der Waals surface area contributed by atoms with E-state index in [-0.39, 0.29) is 54.8 Å². The predicted octanol–water partition coefficient (Wildman–Crippen LogP) is -3.86. The number of sulfonamides is 1. The SMILES string of the molecule is CCCOc1ccc(S(=O)(=O)N2CCN(CCO)CC2)cc1C(=O)[O-].[Li+]. The molecule has 1 N–H and O–H groups in total. The van der Waals surface area contributed by atoms with Crippen LogP contribution in [-0.2, 0) is 10.0 Å². The molecule has 1 aliphatic heterocycles. The van der Waals surface area contributed by atoms with Gasteiger partial charge in [-0.3, -0.25) is 4.90 Å². The normalized spacial score (nSPS) is 16.1. The summed E-state index contributed by atoms with van der Waals surface area (Å²) in [4.78, 5) is 13.2. The van der Waals surface area contributed by atoms with E-state index in [1.165, 1.54) is 16.4 Å². The number of carboxylic acid groups (broad SMARTS) is 1. The molecule has 1 aromatic carbocycles. The molecule has 0 aromatic heterocycles. The Morgan fingerprint density at radius 1 is 1.27 bits per heavy atom. The maximum absolute atomic E-state index is 12.8. The van der Waals surface area contributed by atoms with Crippen molar-refractivity contribution >= 4 is 16.0 Å². The van der Waals surface area contributed by atoms with E-state index in [9.17, 15) is 18.3 Å². The standard InChI is InChI=1S/C16H24N2O6S.Li/c1-2-11-24-15-4-3-13(12-14(15)16(20)21)25(22,23)18-7-5-17(6-8-18)9-10-19;/h3-4,12,19H,2,5-11H2,1H3,(H,20,21);/q;+1/p-1. The molecular weight excluding hydrogens is 355 g/mol. The number of carboxylic acids is 1. The molecule has 26 heavy (non-hydrogen) atoms. The summed E-state index contributed by atoms with van der Waals surface area (Å²) in [6, 6.07) is 3.80. The number of piperazine rings is 1. The van der Waals surface area contributed by atoms with Crippen molar-refractivity contribution in [2.45, 2.75) is 18.2 Å². The van der Waals surface area contributed by atoms with Crippen LogP contribution in [0.3, 0.4) is 0 Å². The molecule has 1 fully saturated rings. The van der Waals surface area contributed by atoms with Gasteiger partial charge in [0, 0.05) is 38.3 Å². The van der Waals surface area contributed by atoms with Crippen molar-refractivity contribution in [1.82, 2.24) is 9.21 Å². The van der Waals surface area contributed by atoms with Crippen molar-refractivity contribution in [1.29, 1.82) is 0 Å². The van der Waals surface area contributed by atoms with E-state index in [4.69, 9.17) is 9.84 Å². The van der Waals surface area contributed by atoms with E-state index < -0.39 is 16.0 Å². The van der Waals surface area contributed by atoms with E-state index >= 15 is 0 Å². The fraction of sp³-hybridized carbons (Fsp3) is 0.562. The number of aliphatic hydroxyl groups excluding tert-OH is 1. The topological polar surface area (TPSA) is 110 Å². The number of β-amino-alcohol motifs (C(OH)–C–C–N with tert-alkyl or cyclic N) is 1. The third kappa shape index (κ3) is 5.46. The quantitative estimate of drug-likeness (QED) is 0.461. The Morgan fingerprint density at radius 2 is 1.92 bits per heavy atom. The molecule has 8 nitrogen and oxygen atoms in total. The second-order valence-electron chi connectivity index (χ2n) is 5.76. The van der Waals surface area contributed by atoms with E-state index in [1.807, 2.05) is 11.8 Å². The first kappa shape index (κ1) is 23.0. The Labute approximate surface area is 166 Å². The Kier molecular flexibility index (Phi) is 9.10. The summed E-state index contributed by atoms with van der Waals surface area (Å²) in [5, 5.41) is 20.3. The van der Waals surface area contributed by atoms with E-state index in [0.29, 0.717) is 32.7 Å². The third-order valence-corrected chi connectivity index (χ3v) is 5.91. The van der Waals surface area contributed by atoms with E-state index in [0.717, 1.165) is 6.07 Å². The first-order valence-corrected chi connectivity index (χ1v) is 9.65. The molecule has 1 aliphatic rings. The van der Waals surface area contributed by atoms with Crippen LogP contribution in [0.1, 0.15) is 23.7 Å². The van der Waals surface area contributed by atoms with Gasteiger partial charge in [0.25, 0.3) is 0 Å². The maximum atomic E-state index is 12.8. The number of benzene rings is 1. The van der Waals surface area contributed by atoms with Crippen molar-refractivity contribution in [3.63, 3.8) is 0 Å². The average molecular weight is 378 g/mol. The minimum absolute atomic E-state index is 0. The fourth-order valence-corrected chi connectivity index (χ4v) is 4.10. The van der Waals surface area contributed by atoms with Gasteiger partial charge < -0.3 is 19.7 Å². The van der Waals surface area contributed by atoms with Crippen molar-refractivity contribution in [2.75, 3.05) is 45.9 Å². The minimum atomic E-state index is -3.80. The van der Waals surface area contributed by atoms with Crippen molar-refractivity contribution < 1.29 is 47.0 Å². The number of nitrogens with zero attached hydrogens (tertiary/aromatic N) is 2. The average Bonchev–Trinajstić information content (AvgIpc) is 2.60. The number of hydrogen-bond donors (Lipinski definition) is 1. The van der Waals surface area contributed by atoms with Gasteiger partial charge in [-0.05, 0) is 24.6 Å². The number of carbonyl (C=O) groups is 1. The summed E-state index contributed by atoms with van der Waals surface area (Å²) < 4.78 is 32.2. The molecule has 2 rings (SSSR count). The number of hydrogen-bond acceptors (Lipinski definition) is 7. The third-order valence-electron chi connectivity index (χ3n) is 4.02. The molecule has 1 aromatic rings. The maximum Gasteiger partial charge on any atom is 1.00 e. The molecule has 1 saturated heterocycles. The van der Waals surface area contributed by atoms with Crippen LogP contribution in [0.15, 0.2) is 23.1 Å². The molecule has 0 amide bonds. The van der Waals surface area contributed by atoms with Crippen LogP contribution >= 0.6 is 0 Å². The second-order valence-corrected chi connectivity index (χ2v) is 7.70. The molecule has 0 spiro atoms. The van der Waals surface area contributed by atoms with Gasteiger partial charge in [0.2, 0.25) is 10.0 Å². The Bertz CT molecular complexity index is 705. The van der Waals surface area contributed by atoms with Crippen LogP contribution < -0.4 is 28.7 Å². The van der Waals surface area contributed by atoms with Crippen molar-refractivity contribution in [3.05, 3.63) is 23.8 Å². The summed E-state index contributed by atoms with van der Waals surface area (Å²) in [7, 11) is -3.80.